The van der Waals surface area contributed by atoms with Crippen LogP contribution in [0.25, 0.3) is 0 Å². The SMILES string of the molecule is CCCC(NC(=O)[C@@H](NC(=O)[C@@H](N)CCC(=O)O)[C@@H](C)CC)C(=O)N[C@H](CN[C@H](C(=O)N[C@H](C(=O)CN[C@@H](C)C(=O)O)C(C)C)C(C)C)CC(C)C. The lowest BCUT2D eigenvalue weighted by Gasteiger charge is -2.30. The molecule has 0 heterocycles. The van der Waals surface area contributed by atoms with Gasteiger partial charge in [0.15, 0.2) is 5.78 Å². The number of carbonyl (C=O) groups excluding carboxylic acids is 5. The summed E-state index contributed by atoms with van der Waals surface area (Å²) in [4.78, 5) is 88.5. The first-order valence-corrected chi connectivity index (χ1v) is 18.6. The first kappa shape index (κ1) is 48.4. The highest BCUT2D eigenvalue weighted by molar-refractivity contribution is 5.94. The highest BCUT2D eigenvalue weighted by Gasteiger charge is 2.33. The summed E-state index contributed by atoms with van der Waals surface area (Å²) in [6, 6.07) is -5.98. The van der Waals surface area contributed by atoms with Crippen LogP contribution >= 0.6 is 0 Å². The van der Waals surface area contributed by atoms with Crippen LogP contribution in [0.3, 0.4) is 0 Å². The molecule has 0 rings (SSSR count). The minimum Gasteiger partial charge on any atom is -0.481 e. The highest BCUT2D eigenvalue weighted by Crippen LogP contribution is 2.13. The zero-order valence-corrected chi connectivity index (χ0v) is 32.8. The van der Waals surface area contributed by atoms with Crippen molar-refractivity contribution in [3.05, 3.63) is 0 Å². The maximum atomic E-state index is 13.7. The Morgan fingerprint density at radius 3 is 1.69 bits per heavy atom. The van der Waals surface area contributed by atoms with E-state index in [-0.39, 0.29) is 55.4 Å². The summed E-state index contributed by atoms with van der Waals surface area (Å²) in [5.41, 5.74) is 5.88. The number of carbonyl (C=O) groups is 7. The number of ketones is 1. The molecule has 0 aliphatic carbocycles. The number of carboxylic acid groups (broad SMARTS) is 2. The van der Waals surface area contributed by atoms with Crippen molar-refractivity contribution < 1.29 is 43.8 Å². The zero-order valence-electron chi connectivity index (χ0n) is 32.8. The zero-order chi connectivity index (χ0) is 40.3. The van der Waals surface area contributed by atoms with Crippen LogP contribution in [0, 0.1) is 23.7 Å². The molecule has 10 N–H and O–H groups in total. The van der Waals surface area contributed by atoms with E-state index in [1.54, 1.807) is 20.8 Å². The lowest BCUT2D eigenvalue weighted by molar-refractivity contribution is -0.139. The Hall–Kier alpha value is -3.63. The third-order valence-corrected chi connectivity index (χ3v) is 8.91. The third kappa shape index (κ3) is 18.2. The van der Waals surface area contributed by atoms with Crippen molar-refractivity contribution in [1.82, 2.24) is 31.9 Å². The highest BCUT2D eigenvalue weighted by atomic mass is 16.4. The number of carboxylic acids is 2. The third-order valence-electron chi connectivity index (χ3n) is 8.91. The summed E-state index contributed by atoms with van der Waals surface area (Å²) in [5.74, 6) is -5.16. The van der Waals surface area contributed by atoms with Gasteiger partial charge in [-0.2, -0.15) is 0 Å². The fourth-order valence-corrected chi connectivity index (χ4v) is 5.47. The van der Waals surface area contributed by atoms with Crippen LogP contribution in [0.4, 0.5) is 0 Å². The van der Waals surface area contributed by atoms with E-state index in [4.69, 9.17) is 15.9 Å². The summed E-state index contributed by atoms with van der Waals surface area (Å²) in [5, 5.41) is 35.3. The van der Waals surface area contributed by atoms with E-state index < -0.39 is 77.9 Å². The van der Waals surface area contributed by atoms with Gasteiger partial charge in [0.05, 0.1) is 24.7 Å². The molecular formula is C36H67N7O9. The number of hydrogen-bond acceptors (Lipinski definition) is 10. The molecule has 0 saturated carbocycles. The van der Waals surface area contributed by atoms with Gasteiger partial charge in [0.1, 0.15) is 18.1 Å². The monoisotopic (exact) mass is 742 g/mol. The summed E-state index contributed by atoms with van der Waals surface area (Å²) >= 11 is 0. The van der Waals surface area contributed by atoms with E-state index >= 15 is 0 Å². The second kappa shape index (κ2) is 24.6. The minimum absolute atomic E-state index is 0.0939. The van der Waals surface area contributed by atoms with Crippen molar-refractivity contribution in [3.8, 4) is 0 Å². The Kier molecular flexibility index (Phi) is 22.9. The van der Waals surface area contributed by atoms with E-state index in [0.29, 0.717) is 25.7 Å². The Balaban J connectivity index is 5.85. The molecule has 1 unspecified atom stereocenters. The van der Waals surface area contributed by atoms with Gasteiger partial charge in [0.25, 0.3) is 0 Å². The molecule has 0 aromatic carbocycles. The smallest absolute Gasteiger partial charge is 0.320 e. The van der Waals surface area contributed by atoms with Gasteiger partial charge in [-0.1, -0.05) is 75.2 Å². The molecule has 0 aromatic heterocycles. The first-order valence-electron chi connectivity index (χ1n) is 18.6. The predicted molar refractivity (Wildman–Crippen MR) is 198 cm³/mol. The number of rotatable bonds is 27. The van der Waals surface area contributed by atoms with Gasteiger partial charge in [0.2, 0.25) is 23.6 Å². The molecule has 4 amide bonds. The second-order valence-electron chi connectivity index (χ2n) is 14.9. The maximum Gasteiger partial charge on any atom is 0.320 e. The van der Waals surface area contributed by atoms with E-state index in [2.05, 4.69) is 31.9 Å². The van der Waals surface area contributed by atoms with Gasteiger partial charge < -0.3 is 42.5 Å². The van der Waals surface area contributed by atoms with Crippen LogP contribution in [-0.2, 0) is 33.6 Å². The number of aliphatic carboxylic acids is 2. The number of Topliss-reactive ketones (excluding diaryl/α,β-unsaturated/α-hetero) is 1. The van der Waals surface area contributed by atoms with Gasteiger partial charge in [0, 0.05) is 19.0 Å². The van der Waals surface area contributed by atoms with Gasteiger partial charge in [-0.15, -0.1) is 0 Å². The van der Waals surface area contributed by atoms with Crippen LogP contribution in [0.2, 0.25) is 0 Å². The molecule has 0 radical (unpaired) electrons. The normalized spacial score (nSPS) is 16.2. The Morgan fingerprint density at radius 2 is 1.21 bits per heavy atom. The van der Waals surface area contributed by atoms with Crippen molar-refractivity contribution in [3.63, 3.8) is 0 Å². The fourth-order valence-electron chi connectivity index (χ4n) is 5.47. The molecule has 8 atom stereocenters. The van der Waals surface area contributed by atoms with Crippen molar-refractivity contribution in [1.29, 1.82) is 0 Å². The van der Waals surface area contributed by atoms with E-state index in [0.717, 1.165) is 0 Å². The Morgan fingerprint density at radius 1 is 0.654 bits per heavy atom. The molecule has 0 aromatic rings. The molecule has 0 fully saturated rings. The molecule has 300 valence electrons. The van der Waals surface area contributed by atoms with Crippen LogP contribution in [0.5, 0.6) is 0 Å². The molecular weight excluding hydrogens is 674 g/mol. The topological polar surface area (TPSA) is 258 Å². The van der Waals surface area contributed by atoms with Crippen molar-refractivity contribution >= 4 is 41.4 Å². The molecule has 52 heavy (non-hydrogen) atoms. The number of hydrogen-bond donors (Lipinski definition) is 9. The summed E-state index contributed by atoms with van der Waals surface area (Å²) in [7, 11) is 0. The molecule has 0 aliphatic heterocycles. The van der Waals surface area contributed by atoms with Crippen LogP contribution in [-0.4, -0.2) is 107 Å². The quantitative estimate of drug-likeness (QED) is 0.0570. The van der Waals surface area contributed by atoms with Gasteiger partial charge in [-0.05, 0) is 49.9 Å². The fraction of sp³-hybridized carbons (Fsp3) is 0.806. The van der Waals surface area contributed by atoms with E-state index in [1.165, 1.54) is 6.92 Å². The van der Waals surface area contributed by atoms with E-state index in [1.807, 2.05) is 41.5 Å². The molecule has 0 saturated heterocycles. The van der Waals surface area contributed by atoms with Crippen LogP contribution < -0.4 is 37.6 Å². The number of nitrogens with two attached hydrogens (primary N) is 1. The maximum absolute atomic E-state index is 13.7. The molecule has 16 nitrogen and oxygen atoms in total. The van der Waals surface area contributed by atoms with Crippen LogP contribution in [0.15, 0.2) is 0 Å². The average Bonchev–Trinajstić information content (AvgIpc) is 3.05. The summed E-state index contributed by atoms with van der Waals surface area (Å²) in [6.45, 7) is 18.2. The van der Waals surface area contributed by atoms with Gasteiger partial charge in [-0.3, -0.25) is 38.9 Å². The standard InChI is InChI=1S/C36H67N7O9/c1-11-13-26(41-35(50)31(22(9)12-2)43-32(47)25(37)14-15-28(45)46)33(48)40-24(16-19(3)4)17-39-30(21(7)8)34(49)42-29(20(5)6)27(44)18-38-23(10)36(51)52/h19-26,29-31,38-39H,11-18,37H2,1-10H3,(H,40,48)(H,41,50)(H,42,49)(H,43,47)(H,45,46)(H,51,52)/t22-,23-,24-,25-,26?,29-,30-,31-/m0/s1. The first-order chi connectivity index (χ1) is 24.2. The Labute approximate surface area is 309 Å². The lowest BCUT2D eigenvalue weighted by atomic mass is 9.96. The largest absolute Gasteiger partial charge is 0.481 e. The minimum atomic E-state index is -1.12. The molecule has 0 spiro atoms. The number of nitrogens with one attached hydrogen (secondary N) is 6. The van der Waals surface area contributed by atoms with Crippen molar-refractivity contribution in [2.24, 2.45) is 29.4 Å². The molecule has 0 bridgehead atoms. The molecule has 0 aliphatic rings. The van der Waals surface area contributed by atoms with E-state index in [9.17, 15) is 33.6 Å². The number of amides is 4. The second-order valence-corrected chi connectivity index (χ2v) is 14.9. The van der Waals surface area contributed by atoms with Crippen molar-refractivity contribution in [2.75, 3.05) is 13.1 Å². The summed E-state index contributed by atoms with van der Waals surface area (Å²) in [6.07, 6.45) is 1.59. The lowest BCUT2D eigenvalue weighted by Crippen LogP contribution is -2.59. The van der Waals surface area contributed by atoms with Crippen molar-refractivity contribution in [2.45, 2.75) is 150 Å². The van der Waals surface area contributed by atoms with Crippen LogP contribution in [0.1, 0.15) is 108 Å². The average molecular weight is 742 g/mol. The predicted octanol–water partition coefficient (Wildman–Crippen LogP) is 0.912. The van der Waals surface area contributed by atoms with Gasteiger partial charge in [-0.25, -0.2) is 0 Å². The Bertz CT molecular complexity index is 1180. The summed E-state index contributed by atoms with van der Waals surface area (Å²) < 4.78 is 0. The van der Waals surface area contributed by atoms with Gasteiger partial charge >= 0.3 is 11.9 Å². The molecule has 16 heteroatoms.